The maximum atomic E-state index is 13.2. The van der Waals surface area contributed by atoms with E-state index in [1.54, 1.807) is 6.07 Å². The third-order valence-corrected chi connectivity index (χ3v) is 3.47. The molecule has 0 aliphatic heterocycles. The van der Waals surface area contributed by atoms with Crippen molar-refractivity contribution in [2.75, 3.05) is 0 Å². The molecule has 3 rings (SSSR count). The number of benzene rings is 3. The summed E-state index contributed by atoms with van der Waals surface area (Å²) in [4.78, 5) is 0. The third-order valence-electron chi connectivity index (χ3n) is 3.47. The van der Waals surface area contributed by atoms with Crippen LogP contribution in [0.5, 0.6) is 0 Å². The van der Waals surface area contributed by atoms with Gasteiger partial charge in [0.25, 0.3) is 0 Å². The van der Waals surface area contributed by atoms with Crippen molar-refractivity contribution in [2.45, 2.75) is 6.18 Å². The predicted molar refractivity (Wildman–Crippen MR) is 82.3 cm³/mol. The zero-order valence-corrected chi connectivity index (χ0v) is 11.6. The normalized spacial score (nSPS) is 11.4. The maximum Gasteiger partial charge on any atom is 0.416 e. The van der Waals surface area contributed by atoms with E-state index in [2.05, 4.69) is 0 Å². The van der Waals surface area contributed by atoms with Crippen LogP contribution in [-0.4, -0.2) is 0 Å². The van der Waals surface area contributed by atoms with E-state index < -0.39 is 11.7 Å². The standard InChI is InChI=1S/C19H13F3/c20-19(21,22)18-12-16(14-7-3-1-4-8-14)11-17(13-18)15-9-5-2-6-10-15/h1-13H. The van der Waals surface area contributed by atoms with Gasteiger partial charge in [0.15, 0.2) is 0 Å². The van der Waals surface area contributed by atoms with Gasteiger partial charge in [-0.3, -0.25) is 0 Å². The van der Waals surface area contributed by atoms with Crippen molar-refractivity contribution in [1.29, 1.82) is 0 Å². The van der Waals surface area contributed by atoms with Crippen LogP contribution >= 0.6 is 0 Å². The summed E-state index contributed by atoms with van der Waals surface area (Å²) in [5.74, 6) is 0. The molecule has 0 aliphatic rings. The van der Waals surface area contributed by atoms with Crippen LogP contribution in [0.2, 0.25) is 0 Å². The minimum atomic E-state index is -4.37. The third kappa shape index (κ3) is 3.03. The first-order valence-electron chi connectivity index (χ1n) is 6.87. The lowest BCUT2D eigenvalue weighted by atomic mass is 9.96. The molecule has 3 heteroatoms. The second-order valence-electron chi connectivity index (χ2n) is 5.03. The lowest BCUT2D eigenvalue weighted by Gasteiger charge is -2.13. The largest absolute Gasteiger partial charge is 0.416 e. The number of rotatable bonds is 2. The van der Waals surface area contributed by atoms with Gasteiger partial charge >= 0.3 is 6.18 Å². The van der Waals surface area contributed by atoms with Crippen LogP contribution in [0.15, 0.2) is 78.9 Å². The van der Waals surface area contributed by atoms with Crippen molar-refractivity contribution >= 4 is 0 Å². The molecule has 0 N–H and O–H groups in total. The molecule has 0 spiro atoms. The summed E-state index contributed by atoms with van der Waals surface area (Å²) in [5.41, 5.74) is 2.04. The molecule has 0 heterocycles. The lowest BCUT2D eigenvalue weighted by molar-refractivity contribution is -0.137. The maximum absolute atomic E-state index is 13.2. The Hall–Kier alpha value is -2.55. The van der Waals surface area contributed by atoms with Crippen molar-refractivity contribution in [2.24, 2.45) is 0 Å². The Morgan fingerprint density at radius 1 is 0.500 bits per heavy atom. The minimum Gasteiger partial charge on any atom is -0.166 e. The fourth-order valence-corrected chi connectivity index (χ4v) is 2.39. The summed E-state index contributed by atoms with van der Waals surface area (Å²) >= 11 is 0. The number of halogens is 3. The van der Waals surface area contributed by atoms with Crippen LogP contribution in [0.25, 0.3) is 22.3 Å². The van der Waals surface area contributed by atoms with E-state index in [4.69, 9.17) is 0 Å². The number of hydrogen-bond acceptors (Lipinski definition) is 0. The molecule has 0 radical (unpaired) electrons. The Bertz CT molecular complexity index is 702. The van der Waals surface area contributed by atoms with E-state index >= 15 is 0 Å². The molecular formula is C19H13F3. The van der Waals surface area contributed by atoms with Crippen LogP contribution in [0.4, 0.5) is 13.2 Å². The van der Waals surface area contributed by atoms with Gasteiger partial charge in [-0.1, -0.05) is 60.7 Å². The molecule has 0 bridgehead atoms. The van der Waals surface area contributed by atoms with E-state index in [0.29, 0.717) is 11.1 Å². The summed E-state index contributed by atoms with van der Waals surface area (Å²) < 4.78 is 39.5. The monoisotopic (exact) mass is 298 g/mol. The highest BCUT2D eigenvalue weighted by atomic mass is 19.4. The van der Waals surface area contributed by atoms with E-state index in [1.807, 2.05) is 60.7 Å². The highest BCUT2D eigenvalue weighted by Gasteiger charge is 2.31. The lowest BCUT2D eigenvalue weighted by Crippen LogP contribution is -2.05. The van der Waals surface area contributed by atoms with Crippen molar-refractivity contribution < 1.29 is 13.2 Å². The predicted octanol–water partition coefficient (Wildman–Crippen LogP) is 6.04. The summed E-state index contributed by atoms with van der Waals surface area (Å²) in [6.07, 6.45) is -4.37. The Balaban J connectivity index is 2.19. The Labute approximate surface area is 126 Å². The molecular weight excluding hydrogens is 285 g/mol. The fraction of sp³-hybridized carbons (Fsp3) is 0.0526. The Morgan fingerprint density at radius 3 is 1.27 bits per heavy atom. The van der Waals surface area contributed by atoms with E-state index in [9.17, 15) is 13.2 Å². The molecule has 0 fully saturated rings. The highest BCUT2D eigenvalue weighted by molar-refractivity contribution is 5.74. The molecule has 0 saturated heterocycles. The number of hydrogen-bond donors (Lipinski definition) is 0. The molecule has 22 heavy (non-hydrogen) atoms. The second-order valence-corrected chi connectivity index (χ2v) is 5.03. The van der Waals surface area contributed by atoms with Crippen molar-refractivity contribution in [3.05, 3.63) is 84.4 Å². The molecule has 110 valence electrons. The SMILES string of the molecule is FC(F)(F)c1cc(-c2ccccc2)cc(-c2ccccc2)c1. The van der Waals surface area contributed by atoms with E-state index in [-0.39, 0.29) is 0 Å². The van der Waals surface area contributed by atoms with Gasteiger partial charge in [0.05, 0.1) is 5.56 Å². The minimum absolute atomic E-state index is 0.564. The molecule has 3 aromatic rings. The zero-order valence-electron chi connectivity index (χ0n) is 11.6. The van der Waals surface area contributed by atoms with Gasteiger partial charge in [-0.15, -0.1) is 0 Å². The summed E-state index contributed by atoms with van der Waals surface area (Å²) in [7, 11) is 0. The molecule has 0 atom stereocenters. The molecule has 0 unspecified atom stereocenters. The highest BCUT2D eigenvalue weighted by Crippen LogP contribution is 2.36. The molecule has 0 saturated carbocycles. The summed E-state index contributed by atoms with van der Waals surface area (Å²) in [6, 6.07) is 22.4. The summed E-state index contributed by atoms with van der Waals surface area (Å²) in [6.45, 7) is 0. The Kier molecular flexibility index (Phi) is 3.72. The van der Waals surface area contributed by atoms with Gasteiger partial charge < -0.3 is 0 Å². The van der Waals surface area contributed by atoms with Gasteiger partial charge in [-0.25, -0.2) is 0 Å². The van der Waals surface area contributed by atoms with E-state index in [1.165, 1.54) is 12.1 Å². The fourth-order valence-electron chi connectivity index (χ4n) is 2.39. The second kappa shape index (κ2) is 5.68. The zero-order chi connectivity index (χ0) is 15.6. The van der Waals surface area contributed by atoms with Gasteiger partial charge in [-0.2, -0.15) is 13.2 Å². The van der Waals surface area contributed by atoms with Gasteiger partial charge in [0.2, 0.25) is 0 Å². The average Bonchev–Trinajstić information content (AvgIpc) is 2.55. The van der Waals surface area contributed by atoms with Gasteiger partial charge in [0, 0.05) is 0 Å². The van der Waals surface area contributed by atoms with Crippen molar-refractivity contribution in [3.8, 4) is 22.3 Å². The summed E-state index contributed by atoms with van der Waals surface area (Å²) in [5, 5.41) is 0. The van der Waals surface area contributed by atoms with Gasteiger partial charge in [-0.05, 0) is 40.5 Å². The van der Waals surface area contributed by atoms with Crippen LogP contribution in [0, 0.1) is 0 Å². The first-order valence-corrected chi connectivity index (χ1v) is 6.87. The molecule has 0 aromatic heterocycles. The van der Waals surface area contributed by atoms with Crippen LogP contribution in [0.3, 0.4) is 0 Å². The topological polar surface area (TPSA) is 0 Å². The van der Waals surface area contributed by atoms with Gasteiger partial charge in [0.1, 0.15) is 0 Å². The van der Waals surface area contributed by atoms with Crippen molar-refractivity contribution in [1.82, 2.24) is 0 Å². The number of alkyl halides is 3. The van der Waals surface area contributed by atoms with Crippen LogP contribution in [-0.2, 0) is 6.18 Å². The molecule has 3 aromatic carbocycles. The average molecular weight is 298 g/mol. The van der Waals surface area contributed by atoms with E-state index in [0.717, 1.165) is 11.1 Å². The quantitative estimate of drug-likeness (QED) is 0.541. The van der Waals surface area contributed by atoms with Crippen LogP contribution < -0.4 is 0 Å². The van der Waals surface area contributed by atoms with Crippen LogP contribution in [0.1, 0.15) is 5.56 Å². The molecule has 0 amide bonds. The molecule has 0 nitrogen and oxygen atoms in total. The van der Waals surface area contributed by atoms with Crippen molar-refractivity contribution in [3.63, 3.8) is 0 Å². The molecule has 0 aliphatic carbocycles. The first kappa shape index (κ1) is 14.4. The smallest absolute Gasteiger partial charge is 0.166 e. The Morgan fingerprint density at radius 2 is 0.909 bits per heavy atom. The first-order chi connectivity index (χ1) is 10.5.